The second-order valence-corrected chi connectivity index (χ2v) is 5.99. The zero-order chi connectivity index (χ0) is 13.9. The molecular weight excluding hydrogens is 254 g/mol. The minimum absolute atomic E-state index is 0.0896. The van der Waals surface area contributed by atoms with Crippen molar-refractivity contribution in [3.63, 3.8) is 0 Å². The summed E-state index contributed by atoms with van der Waals surface area (Å²) in [4.78, 5) is 14.9. The van der Waals surface area contributed by atoms with Crippen LogP contribution >= 0.6 is 0 Å². The molecule has 0 aromatic heterocycles. The van der Waals surface area contributed by atoms with Gasteiger partial charge in [-0.3, -0.25) is 4.79 Å². The van der Waals surface area contributed by atoms with Crippen molar-refractivity contribution in [3.8, 4) is 0 Å². The highest BCUT2D eigenvalue weighted by Crippen LogP contribution is 2.34. The molecule has 2 aliphatic carbocycles. The van der Waals surface area contributed by atoms with Gasteiger partial charge in [0.15, 0.2) is 0 Å². The van der Waals surface area contributed by atoms with Crippen LogP contribution < -0.4 is 0 Å². The zero-order valence-corrected chi connectivity index (χ0v) is 12.3. The Labute approximate surface area is 121 Å². The van der Waals surface area contributed by atoms with Crippen molar-refractivity contribution < 1.29 is 14.3 Å². The molecule has 3 aliphatic rings. The third-order valence-electron chi connectivity index (χ3n) is 4.82. The van der Waals surface area contributed by atoms with Gasteiger partial charge in [0.25, 0.3) is 0 Å². The van der Waals surface area contributed by atoms with Crippen molar-refractivity contribution in [1.82, 2.24) is 4.90 Å². The number of nitrogens with zero attached hydrogens (tertiary/aromatic N) is 1. The Morgan fingerprint density at radius 2 is 2.25 bits per heavy atom. The second-order valence-electron chi connectivity index (χ2n) is 5.99. The summed E-state index contributed by atoms with van der Waals surface area (Å²) in [5.41, 5.74) is 0. The van der Waals surface area contributed by atoms with E-state index in [-0.39, 0.29) is 24.2 Å². The fraction of sp³-hybridized carbons (Fsp3) is 0.812. The monoisotopic (exact) mass is 279 g/mol. The van der Waals surface area contributed by atoms with Crippen molar-refractivity contribution in [1.29, 1.82) is 0 Å². The minimum atomic E-state index is 0.0896. The van der Waals surface area contributed by atoms with E-state index in [2.05, 4.69) is 17.1 Å². The topological polar surface area (TPSA) is 38.8 Å². The molecular formula is C16H25NO3. The number of carbonyl (C=O) groups is 1. The number of hydrogen-bond acceptors (Lipinski definition) is 3. The fourth-order valence-electron chi connectivity index (χ4n) is 3.83. The van der Waals surface area contributed by atoms with Crippen molar-refractivity contribution in [2.75, 3.05) is 19.8 Å². The molecule has 0 N–H and O–H groups in total. The van der Waals surface area contributed by atoms with Gasteiger partial charge in [-0.05, 0) is 39.0 Å². The molecule has 0 radical (unpaired) electrons. The van der Waals surface area contributed by atoms with E-state index in [1.165, 1.54) is 0 Å². The number of hydrogen-bond donors (Lipinski definition) is 0. The van der Waals surface area contributed by atoms with E-state index in [1.807, 2.05) is 6.92 Å². The Balaban J connectivity index is 1.67. The smallest absolute Gasteiger partial charge is 0.226 e. The van der Waals surface area contributed by atoms with Gasteiger partial charge < -0.3 is 14.4 Å². The first-order chi connectivity index (χ1) is 9.81. The van der Waals surface area contributed by atoms with Crippen LogP contribution in [0.15, 0.2) is 12.2 Å². The molecule has 4 nitrogen and oxygen atoms in total. The lowest BCUT2D eigenvalue weighted by atomic mass is 9.92. The number of allylic oxidation sites excluding steroid dienone is 2. The number of carbonyl (C=O) groups excluding carboxylic acids is 1. The second kappa shape index (κ2) is 6.27. The van der Waals surface area contributed by atoms with E-state index in [1.54, 1.807) is 0 Å². The molecule has 1 saturated carbocycles. The molecule has 0 spiro atoms. The van der Waals surface area contributed by atoms with Gasteiger partial charge in [0.2, 0.25) is 5.91 Å². The van der Waals surface area contributed by atoms with Crippen LogP contribution in [-0.4, -0.2) is 48.8 Å². The van der Waals surface area contributed by atoms with Crippen molar-refractivity contribution in [3.05, 3.63) is 12.2 Å². The molecule has 1 unspecified atom stereocenters. The first-order valence-corrected chi connectivity index (χ1v) is 8.00. The lowest BCUT2D eigenvalue weighted by molar-refractivity contribution is -0.155. The van der Waals surface area contributed by atoms with Crippen LogP contribution in [0.3, 0.4) is 0 Å². The molecule has 2 fully saturated rings. The summed E-state index contributed by atoms with van der Waals surface area (Å²) >= 11 is 0. The highest BCUT2D eigenvalue weighted by atomic mass is 16.5. The Kier molecular flexibility index (Phi) is 4.41. The molecule has 4 atom stereocenters. The average Bonchev–Trinajstić information content (AvgIpc) is 2.91. The maximum atomic E-state index is 12.8. The summed E-state index contributed by atoms with van der Waals surface area (Å²) < 4.78 is 11.7. The van der Waals surface area contributed by atoms with E-state index in [4.69, 9.17) is 9.47 Å². The van der Waals surface area contributed by atoms with Crippen LogP contribution in [0.5, 0.6) is 0 Å². The largest absolute Gasteiger partial charge is 0.376 e. The third-order valence-corrected chi connectivity index (χ3v) is 4.82. The number of rotatable bonds is 3. The summed E-state index contributed by atoms with van der Waals surface area (Å²) in [5.74, 6) is 0.523. The Morgan fingerprint density at radius 3 is 3.00 bits per heavy atom. The van der Waals surface area contributed by atoms with Crippen molar-refractivity contribution >= 4 is 5.91 Å². The van der Waals surface area contributed by atoms with Crippen LogP contribution in [0.2, 0.25) is 0 Å². The van der Waals surface area contributed by atoms with Crippen LogP contribution in [0.1, 0.15) is 39.0 Å². The Bertz CT molecular complexity index is 382. The van der Waals surface area contributed by atoms with Crippen LogP contribution in [0.4, 0.5) is 0 Å². The summed E-state index contributed by atoms with van der Waals surface area (Å²) in [7, 11) is 0. The number of ether oxygens (including phenoxy) is 2. The van der Waals surface area contributed by atoms with Gasteiger partial charge in [-0.25, -0.2) is 0 Å². The predicted octanol–water partition coefficient (Wildman–Crippen LogP) is 2.14. The van der Waals surface area contributed by atoms with Gasteiger partial charge in [0.1, 0.15) is 6.10 Å². The maximum Gasteiger partial charge on any atom is 0.226 e. The van der Waals surface area contributed by atoms with E-state index in [9.17, 15) is 4.79 Å². The van der Waals surface area contributed by atoms with E-state index < -0.39 is 0 Å². The standard InChI is InChI=1S/C16H25NO3/c1-2-19-14-9-8-13-15(14)20-11-10-17(13)16(18)12-6-4-3-5-7-12/h3-4,12-15H,2,5-11H2,1H3/t12?,13-,14+,15+/m0/s1. The minimum Gasteiger partial charge on any atom is -0.376 e. The molecule has 112 valence electrons. The lowest BCUT2D eigenvalue weighted by Gasteiger charge is -2.40. The molecule has 0 aromatic rings. The summed E-state index contributed by atoms with van der Waals surface area (Å²) in [6.07, 6.45) is 9.58. The van der Waals surface area contributed by atoms with Crippen LogP contribution in [-0.2, 0) is 14.3 Å². The van der Waals surface area contributed by atoms with Gasteiger partial charge in [-0.2, -0.15) is 0 Å². The van der Waals surface area contributed by atoms with Gasteiger partial charge >= 0.3 is 0 Å². The first-order valence-electron chi connectivity index (χ1n) is 8.00. The summed E-state index contributed by atoms with van der Waals surface area (Å²) in [5, 5.41) is 0. The normalized spacial score (nSPS) is 37.0. The van der Waals surface area contributed by atoms with Crippen LogP contribution in [0, 0.1) is 5.92 Å². The van der Waals surface area contributed by atoms with Gasteiger partial charge in [-0.1, -0.05) is 12.2 Å². The number of morpholine rings is 1. The van der Waals surface area contributed by atoms with Crippen molar-refractivity contribution in [2.45, 2.75) is 57.3 Å². The summed E-state index contributed by atoms with van der Waals surface area (Å²) in [6.45, 7) is 4.14. The number of fused-ring (bicyclic) bond motifs is 1. The van der Waals surface area contributed by atoms with Crippen molar-refractivity contribution in [2.24, 2.45) is 5.92 Å². The molecule has 0 aromatic carbocycles. The molecule has 1 amide bonds. The van der Waals surface area contributed by atoms with Gasteiger partial charge in [0, 0.05) is 19.1 Å². The molecule has 4 heteroatoms. The van der Waals surface area contributed by atoms with E-state index in [0.717, 1.165) is 45.3 Å². The molecule has 0 bridgehead atoms. The molecule has 20 heavy (non-hydrogen) atoms. The SMILES string of the molecule is CCO[C@@H]1CC[C@H]2[C@H]1OCCN2C(=O)C1CC=CCC1. The zero-order valence-electron chi connectivity index (χ0n) is 12.3. The predicted molar refractivity (Wildman–Crippen MR) is 76.4 cm³/mol. The van der Waals surface area contributed by atoms with Crippen LogP contribution in [0.25, 0.3) is 0 Å². The molecule has 1 saturated heterocycles. The number of amides is 1. The average molecular weight is 279 g/mol. The lowest BCUT2D eigenvalue weighted by Crippen LogP contribution is -2.55. The molecule has 1 aliphatic heterocycles. The fourth-order valence-corrected chi connectivity index (χ4v) is 3.83. The molecule has 3 rings (SSSR count). The van der Waals surface area contributed by atoms with Gasteiger partial charge in [0.05, 0.1) is 18.8 Å². The highest BCUT2D eigenvalue weighted by Gasteiger charge is 2.45. The van der Waals surface area contributed by atoms with E-state index in [0.29, 0.717) is 12.5 Å². The maximum absolute atomic E-state index is 12.8. The Morgan fingerprint density at radius 1 is 1.35 bits per heavy atom. The van der Waals surface area contributed by atoms with E-state index >= 15 is 0 Å². The summed E-state index contributed by atoms with van der Waals surface area (Å²) in [6, 6.07) is 0.235. The first kappa shape index (κ1) is 14.1. The van der Waals surface area contributed by atoms with Gasteiger partial charge in [-0.15, -0.1) is 0 Å². The third kappa shape index (κ3) is 2.63. The Hall–Kier alpha value is -0.870. The quantitative estimate of drug-likeness (QED) is 0.743. The highest BCUT2D eigenvalue weighted by molar-refractivity contribution is 5.79. The molecule has 1 heterocycles.